The molecule has 0 fully saturated rings. The minimum absolute atomic E-state index is 0.0854. The fraction of sp³-hybridized carbons (Fsp3) is 0.650. The summed E-state index contributed by atoms with van der Waals surface area (Å²) in [6, 6.07) is 8.04. The highest BCUT2D eigenvalue weighted by Gasteiger charge is 2.33. The Morgan fingerprint density at radius 1 is 1.04 bits per heavy atom. The summed E-state index contributed by atoms with van der Waals surface area (Å²) in [6.07, 6.45) is 1.77. The first kappa shape index (κ1) is 19.5. The molecule has 2 unspecified atom stereocenters. The normalized spacial score (nSPS) is 13.9. The van der Waals surface area contributed by atoms with Gasteiger partial charge in [0.2, 0.25) is 0 Å². The van der Waals surface area contributed by atoms with Crippen molar-refractivity contribution in [3.63, 3.8) is 0 Å². The van der Waals surface area contributed by atoms with Crippen molar-refractivity contribution >= 4 is 5.97 Å². The zero-order valence-corrected chi connectivity index (χ0v) is 15.5. The molecule has 0 aliphatic heterocycles. The van der Waals surface area contributed by atoms with Gasteiger partial charge in [-0.2, -0.15) is 0 Å². The number of rotatable bonds is 9. The molecule has 0 radical (unpaired) electrons. The Kier molecular flexibility index (Phi) is 8.15. The zero-order chi connectivity index (χ0) is 17.4. The predicted octanol–water partition coefficient (Wildman–Crippen LogP) is 5.05. The summed E-state index contributed by atoms with van der Waals surface area (Å²) in [5, 5.41) is 0. The smallest absolute Gasteiger partial charge is 0.309 e. The summed E-state index contributed by atoms with van der Waals surface area (Å²) in [7, 11) is 1.69. The van der Waals surface area contributed by atoms with Crippen molar-refractivity contribution in [1.82, 2.24) is 0 Å². The van der Waals surface area contributed by atoms with Crippen molar-refractivity contribution in [2.24, 2.45) is 17.8 Å². The van der Waals surface area contributed by atoms with E-state index in [0.29, 0.717) is 18.4 Å². The topological polar surface area (TPSA) is 35.5 Å². The van der Waals surface area contributed by atoms with E-state index in [4.69, 9.17) is 9.47 Å². The Labute approximate surface area is 141 Å². The molecule has 3 heteroatoms. The Morgan fingerprint density at radius 3 is 2.17 bits per heavy atom. The second-order valence-corrected chi connectivity index (χ2v) is 6.97. The summed E-state index contributed by atoms with van der Waals surface area (Å²) in [6.45, 7) is 11.0. The van der Waals surface area contributed by atoms with Crippen molar-refractivity contribution in [3.05, 3.63) is 29.8 Å². The molecule has 0 heterocycles. The van der Waals surface area contributed by atoms with E-state index in [9.17, 15) is 4.79 Å². The predicted molar refractivity (Wildman–Crippen MR) is 94.8 cm³/mol. The van der Waals surface area contributed by atoms with Gasteiger partial charge in [-0.15, -0.1) is 0 Å². The van der Waals surface area contributed by atoms with E-state index in [0.717, 1.165) is 24.2 Å². The number of esters is 1. The fourth-order valence-electron chi connectivity index (χ4n) is 3.17. The van der Waals surface area contributed by atoms with E-state index < -0.39 is 0 Å². The highest BCUT2D eigenvalue weighted by Crippen LogP contribution is 2.39. The number of carbonyl (C=O) groups excluding carboxylic acids is 1. The lowest BCUT2D eigenvalue weighted by atomic mass is 9.76. The summed E-state index contributed by atoms with van der Waals surface area (Å²) in [5.74, 6) is 1.69. The number of hydrogen-bond acceptors (Lipinski definition) is 3. The fourth-order valence-corrected chi connectivity index (χ4v) is 3.17. The molecule has 0 aliphatic rings. The van der Waals surface area contributed by atoms with Crippen LogP contribution in [0.5, 0.6) is 5.75 Å². The second kappa shape index (κ2) is 9.59. The van der Waals surface area contributed by atoms with E-state index in [1.165, 1.54) is 0 Å². The van der Waals surface area contributed by atoms with Crippen LogP contribution in [-0.2, 0) is 9.53 Å². The number of ether oxygens (including phenoxy) is 2. The van der Waals surface area contributed by atoms with E-state index in [1.54, 1.807) is 7.11 Å². The first-order valence-electron chi connectivity index (χ1n) is 8.70. The van der Waals surface area contributed by atoms with Gasteiger partial charge in [0.1, 0.15) is 5.75 Å². The van der Waals surface area contributed by atoms with Gasteiger partial charge in [-0.05, 0) is 43.2 Å². The third kappa shape index (κ3) is 5.89. The van der Waals surface area contributed by atoms with Crippen LogP contribution < -0.4 is 4.74 Å². The van der Waals surface area contributed by atoms with Gasteiger partial charge in [0.05, 0.1) is 19.6 Å². The van der Waals surface area contributed by atoms with Gasteiger partial charge in [-0.3, -0.25) is 4.79 Å². The molecule has 130 valence electrons. The minimum atomic E-state index is -0.131. The molecule has 0 aliphatic carbocycles. The largest absolute Gasteiger partial charge is 0.496 e. The van der Waals surface area contributed by atoms with E-state index in [2.05, 4.69) is 33.8 Å². The molecule has 0 spiro atoms. The number of para-hydroxylation sites is 1. The summed E-state index contributed by atoms with van der Waals surface area (Å²) in [4.78, 5) is 12.6. The molecule has 0 N–H and O–H groups in total. The van der Waals surface area contributed by atoms with Gasteiger partial charge in [-0.25, -0.2) is 0 Å². The molecule has 23 heavy (non-hydrogen) atoms. The van der Waals surface area contributed by atoms with Crippen LogP contribution in [0, 0.1) is 17.8 Å². The molecule has 1 rings (SSSR count). The number of benzene rings is 1. The summed E-state index contributed by atoms with van der Waals surface area (Å²) in [5.41, 5.74) is 1.11. The molecule has 0 saturated heterocycles. The lowest BCUT2D eigenvalue weighted by Crippen LogP contribution is -2.27. The summed E-state index contributed by atoms with van der Waals surface area (Å²) >= 11 is 0. The lowest BCUT2D eigenvalue weighted by molar-refractivity contribution is -0.149. The van der Waals surface area contributed by atoms with E-state index in [1.807, 2.05) is 25.1 Å². The standard InChI is InChI=1S/C20H32O3/c1-7-23-20(21)18(13-15(4)5)17(12-14(2)3)16-10-8-9-11-19(16)22-6/h8-11,14-15,17-18H,7,12-13H2,1-6H3. The van der Waals surface area contributed by atoms with Crippen molar-refractivity contribution in [3.8, 4) is 5.75 Å². The van der Waals surface area contributed by atoms with Crippen LogP contribution in [0.3, 0.4) is 0 Å². The third-order valence-electron chi connectivity index (χ3n) is 4.06. The maximum Gasteiger partial charge on any atom is 0.309 e. The molecule has 0 aromatic heterocycles. The highest BCUT2D eigenvalue weighted by atomic mass is 16.5. The van der Waals surface area contributed by atoms with Crippen LogP contribution in [0.15, 0.2) is 24.3 Å². The van der Waals surface area contributed by atoms with Gasteiger partial charge < -0.3 is 9.47 Å². The average molecular weight is 320 g/mol. The maximum absolute atomic E-state index is 12.6. The van der Waals surface area contributed by atoms with Gasteiger partial charge in [0.25, 0.3) is 0 Å². The Hall–Kier alpha value is -1.51. The average Bonchev–Trinajstić information content (AvgIpc) is 2.50. The molecule has 0 amide bonds. The van der Waals surface area contributed by atoms with Crippen LogP contribution in [0.4, 0.5) is 0 Å². The van der Waals surface area contributed by atoms with E-state index in [-0.39, 0.29) is 17.8 Å². The third-order valence-corrected chi connectivity index (χ3v) is 4.06. The van der Waals surface area contributed by atoms with Gasteiger partial charge in [0.15, 0.2) is 0 Å². The van der Waals surface area contributed by atoms with Crippen molar-refractivity contribution in [2.45, 2.75) is 53.4 Å². The number of methoxy groups -OCH3 is 1. The Morgan fingerprint density at radius 2 is 1.65 bits per heavy atom. The molecule has 2 atom stereocenters. The molecular formula is C20H32O3. The first-order valence-corrected chi connectivity index (χ1v) is 8.70. The molecule has 3 nitrogen and oxygen atoms in total. The second-order valence-electron chi connectivity index (χ2n) is 6.97. The van der Waals surface area contributed by atoms with Crippen molar-refractivity contribution in [2.75, 3.05) is 13.7 Å². The van der Waals surface area contributed by atoms with Crippen LogP contribution in [0.1, 0.15) is 58.9 Å². The quantitative estimate of drug-likeness (QED) is 0.597. The van der Waals surface area contributed by atoms with Crippen LogP contribution in [-0.4, -0.2) is 19.7 Å². The monoisotopic (exact) mass is 320 g/mol. The maximum atomic E-state index is 12.6. The lowest BCUT2D eigenvalue weighted by Gasteiger charge is -2.29. The molecule has 1 aromatic rings. The molecule has 0 bridgehead atoms. The highest BCUT2D eigenvalue weighted by molar-refractivity contribution is 5.74. The number of carbonyl (C=O) groups is 1. The Balaban J connectivity index is 3.25. The van der Waals surface area contributed by atoms with Crippen molar-refractivity contribution in [1.29, 1.82) is 0 Å². The van der Waals surface area contributed by atoms with Gasteiger partial charge in [-0.1, -0.05) is 45.9 Å². The van der Waals surface area contributed by atoms with Crippen LogP contribution in [0.2, 0.25) is 0 Å². The van der Waals surface area contributed by atoms with Gasteiger partial charge >= 0.3 is 5.97 Å². The minimum Gasteiger partial charge on any atom is -0.496 e. The molecular weight excluding hydrogens is 288 g/mol. The first-order chi connectivity index (χ1) is 10.9. The van der Waals surface area contributed by atoms with E-state index >= 15 is 0 Å². The zero-order valence-electron chi connectivity index (χ0n) is 15.5. The number of hydrogen-bond donors (Lipinski definition) is 0. The summed E-state index contributed by atoms with van der Waals surface area (Å²) < 4.78 is 10.9. The van der Waals surface area contributed by atoms with Gasteiger partial charge in [0, 0.05) is 5.92 Å². The molecule has 1 aromatic carbocycles. The van der Waals surface area contributed by atoms with Crippen LogP contribution in [0.25, 0.3) is 0 Å². The van der Waals surface area contributed by atoms with Crippen LogP contribution >= 0.6 is 0 Å². The SMILES string of the molecule is CCOC(=O)C(CC(C)C)C(CC(C)C)c1ccccc1OC. The van der Waals surface area contributed by atoms with Crippen molar-refractivity contribution < 1.29 is 14.3 Å². The molecule has 0 saturated carbocycles. The Bertz CT molecular complexity index is 480.